The number of benzene rings is 1. The van der Waals surface area contributed by atoms with E-state index in [-0.39, 0.29) is 0 Å². The second-order valence-corrected chi connectivity index (χ2v) is 5.57. The number of hydrogen-bond acceptors (Lipinski definition) is 3. The second-order valence-electron chi connectivity index (χ2n) is 4.66. The van der Waals surface area contributed by atoms with Gasteiger partial charge in [-0.1, -0.05) is 12.1 Å². The molecule has 4 heteroatoms. The van der Waals surface area contributed by atoms with Gasteiger partial charge in [0.25, 0.3) is 0 Å². The monoisotopic (exact) mass is 318 g/mol. The number of rotatable bonds is 3. The number of ether oxygens (including phenoxy) is 1. The molecule has 0 aliphatic heterocycles. The Bertz CT molecular complexity index is 600. The summed E-state index contributed by atoms with van der Waals surface area (Å²) in [4.78, 5) is 4.18. The van der Waals surface area contributed by atoms with E-state index in [9.17, 15) is 0 Å². The molecule has 1 aromatic heterocycles. The summed E-state index contributed by atoms with van der Waals surface area (Å²) in [5.41, 5.74) is 3.69. The summed E-state index contributed by atoms with van der Waals surface area (Å²) in [6.07, 6.45) is 5.78. The van der Waals surface area contributed by atoms with Crippen molar-refractivity contribution in [2.45, 2.75) is 18.9 Å². The normalized spacial score (nSPS) is 17.1. The van der Waals surface area contributed by atoms with E-state index in [0.29, 0.717) is 6.04 Å². The first kappa shape index (κ1) is 12.5. The van der Waals surface area contributed by atoms with Crippen LogP contribution in [0, 0.1) is 0 Å². The molecule has 1 aliphatic rings. The Labute approximate surface area is 121 Å². The molecule has 0 saturated carbocycles. The van der Waals surface area contributed by atoms with Crippen LogP contribution < -0.4 is 10.1 Å². The lowest BCUT2D eigenvalue weighted by molar-refractivity contribution is 0.410. The molecule has 2 aromatic rings. The van der Waals surface area contributed by atoms with Crippen LogP contribution in [-0.4, -0.2) is 12.1 Å². The highest BCUT2D eigenvalue weighted by Gasteiger charge is 2.24. The number of hydrogen-bond donors (Lipinski definition) is 1. The Morgan fingerprint density at radius 1 is 1.37 bits per heavy atom. The third-order valence-corrected chi connectivity index (χ3v) is 3.93. The molecule has 0 fully saturated rings. The van der Waals surface area contributed by atoms with Gasteiger partial charge in [-0.05, 0) is 52.0 Å². The van der Waals surface area contributed by atoms with Gasteiger partial charge in [0.15, 0.2) is 0 Å². The topological polar surface area (TPSA) is 34.1 Å². The lowest BCUT2D eigenvalue weighted by Crippen LogP contribution is -2.07. The van der Waals surface area contributed by atoms with Gasteiger partial charge in [0.1, 0.15) is 5.75 Å². The molecule has 0 amide bonds. The lowest BCUT2D eigenvalue weighted by Gasteiger charge is -2.16. The average molecular weight is 319 g/mol. The second kappa shape index (κ2) is 5.21. The van der Waals surface area contributed by atoms with E-state index in [0.717, 1.165) is 28.8 Å². The number of halogens is 1. The minimum atomic E-state index is 0.334. The molecule has 1 N–H and O–H groups in total. The molecule has 3 rings (SSSR count). The summed E-state index contributed by atoms with van der Waals surface area (Å²) >= 11 is 3.44. The highest BCUT2D eigenvalue weighted by molar-refractivity contribution is 9.10. The molecular formula is C15H15BrN2O. The van der Waals surface area contributed by atoms with Crippen molar-refractivity contribution in [3.63, 3.8) is 0 Å². The molecule has 1 atom stereocenters. The van der Waals surface area contributed by atoms with Crippen LogP contribution >= 0.6 is 15.9 Å². The van der Waals surface area contributed by atoms with Crippen molar-refractivity contribution in [1.29, 1.82) is 0 Å². The number of anilines is 1. The summed E-state index contributed by atoms with van der Waals surface area (Å²) in [6, 6.07) is 8.64. The van der Waals surface area contributed by atoms with Crippen LogP contribution in [0.3, 0.4) is 0 Å². The van der Waals surface area contributed by atoms with Crippen LogP contribution in [0.15, 0.2) is 41.1 Å². The van der Waals surface area contributed by atoms with Crippen molar-refractivity contribution >= 4 is 21.6 Å². The summed E-state index contributed by atoms with van der Waals surface area (Å²) in [5, 5.41) is 3.54. The first-order valence-electron chi connectivity index (χ1n) is 6.31. The fourth-order valence-electron chi connectivity index (χ4n) is 2.65. The van der Waals surface area contributed by atoms with Gasteiger partial charge in [0, 0.05) is 10.7 Å². The van der Waals surface area contributed by atoms with Gasteiger partial charge in [-0.3, -0.25) is 4.98 Å². The van der Waals surface area contributed by atoms with Crippen molar-refractivity contribution in [2.24, 2.45) is 0 Å². The number of fused-ring (bicyclic) bond motifs is 1. The van der Waals surface area contributed by atoms with E-state index >= 15 is 0 Å². The molecule has 0 bridgehead atoms. The molecule has 1 aliphatic carbocycles. The van der Waals surface area contributed by atoms with Gasteiger partial charge in [-0.2, -0.15) is 0 Å². The maximum atomic E-state index is 5.43. The van der Waals surface area contributed by atoms with Crippen LogP contribution in [0.4, 0.5) is 5.69 Å². The van der Waals surface area contributed by atoms with E-state index in [2.05, 4.69) is 38.4 Å². The lowest BCUT2D eigenvalue weighted by atomic mass is 10.1. The number of aromatic nitrogens is 1. The summed E-state index contributed by atoms with van der Waals surface area (Å²) in [5.74, 6) is 0.995. The standard InChI is InChI=1S/C15H15BrN2O/c1-19-15-4-2-3-12-13(15)5-6-14(12)18-11-7-10(16)8-17-9-11/h2-4,7-9,14,18H,5-6H2,1H3. The van der Waals surface area contributed by atoms with Crippen LogP contribution in [0.5, 0.6) is 5.75 Å². The molecule has 0 radical (unpaired) electrons. The van der Waals surface area contributed by atoms with Crippen LogP contribution in [0.25, 0.3) is 0 Å². The predicted octanol–water partition coefficient (Wildman–Crippen LogP) is 3.95. The van der Waals surface area contributed by atoms with E-state index < -0.39 is 0 Å². The van der Waals surface area contributed by atoms with E-state index in [1.54, 1.807) is 13.3 Å². The Balaban J connectivity index is 1.87. The summed E-state index contributed by atoms with van der Waals surface area (Å²) < 4.78 is 6.41. The van der Waals surface area contributed by atoms with Gasteiger partial charge in [-0.25, -0.2) is 0 Å². The quantitative estimate of drug-likeness (QED) is 0.930. The molecule has 3 nitrogen and oxygen atoms in total. The molecule has 1 unspecified atom stereocenters. The fourth-order valence-corrected chi connectivity index (χ4v) is 3.02. The van der Waals surface area contributed by atoms with Crippen LogP contribution in [0.2, 0.25) is 0 Å². The van der Waals surface area contributed by atoms with E-state index in [1.165, 1.54) is 11.1 Å². The summed E-state index contributed by atoms with van der Waals surface area (Å²) in [6.45, 7) is 0. The fraction of sp³-hybridized carbons (Fsp3) is 0.267. The minimum absolute atomic E-state index is 0.334. The van der Waals surface area contributed by atoms with Crippen LogP contribution in [-0.2, 0) is 6.42 Å². The maximum Gasteiger partial charge on any atom is 0.122 e. The van der Waals surface area contributed by atoms with Gasteiger partial charge in [0.05, 0.1) is 25.0 Å². The third kappa shape index (κ3) is 2.45. The van der Waals surface area contributed by atoms with Gasteiger partial charge in [-0.15, -0.1) is 0 Å². The number of nitrogens with one attached hydrogen (secondary N) is 1. The number of methoxy groups -OCH3 is 1. The minimum Gasteiger partial charge on any atom is -0.496 e. The molecule has 0 saturated heterocycles. The first-order valence-corrected chi connectivity index (χ1v) is 7.10. The first-order chi connectivity index (χ1) is 9.28. The maximum absolute atomic E-state index is 5.43. The van der Waals surface area contributed by atoms with E-state index in [4.69, 9.17) is 4.74 Å². The third-order valence-electron chi connectivity index (χ3n) is 3.49. The molecule has 0 spiro atoms. The Kier molecular flexibility index (Phi) is 3.42. The smallest absolute Gasteiger partial charge is 0.122 e. The Morgan fingerprint density at radius 2 is 2.26 bits per heavy atom. The zero-order valence-corrected chi connectivity index (χ0v) is 12.3. The molecule has 1 heterocycles. The van der Waals surface area contributed by atoms with Crippen molar-refractivity contribution in [1.82, 2.24) is 4.98 Å². The number of nitrogens with zero attached hydrogens (tertiary/aromatic N) is 1. The Hall–Kier alpha value is -1.55. The van der Waals surface area contributed by atoms with E-state index in [1.807, 2.05) is 18.3 Å². The average Bonchev–Trinajstić information content (AvgIpc) is 2.82. The molecular weight excluding hydrogens is 304 g/mol. The van der Waals surface area contributed by atoms with Gasteiger partial charge in [0.2, 0.25) is 0 Å². The molecule has 19 heavy (non-hydrogen) atoms. The summed E-state index contributed by atoms with van der Waals surface area (Å²) in [7, 11) is 1.73. The predicted molar refractivity (Wildman–Crippen MR) is 79.6 cm³/mol. The zero-order chi connectivity index (χ0) is 13.2. The molecule has 1 aromatic carbocycles. The molecule has 98 valence electrons. The highest BCUT2D eigenvalue weighted by Crippen LogP contribution is 2.38. The van der Waals surface area contributed by atoms with Gasteiger partial charge < -0.3 is 10.1 Å². The van der Waals surface area contributed by atoms with Crippen molar-refractivity contribution in [2.75, 3.05) is 12.4 Å². The number of pyridine rings is 1. The SMILES string of the molecule is COc1cccc2c1CCC2Nc1cncc(Br)c1. The zero-order valence-electron chi connectivity index (χ0n) is 10.7. The van der Waals surface area contributed by atoms with Crippen LogP contribution in [0.1, 0.15) is 23.6 Å². The largest absolute Gasteiger partial charge is 0.496 e. The highest BCUT2D eigenvalue weighted by atomic mass is 79.9. The van der Waals surface area contributed by atoms with Crippen molar-refractivity contribution in [3.05, 3.63) is 52.3 Å². The van der Waals surface area contributed by atoms with Gasteiger partial charge >= 0.3 is 0 Å². The van der Waals surface area contributed by atoms with Crippen molar-refractivity contribution < 1.29 is 4.74 Å². The Morgan fingerprint density at radius 3 is 3.05 bits per heavy atom. The van der Waals surface area contributed by atoms with Crippen molar-refractivity contribution in [3.8, 4) is 5.75 Å².